The van der Waals surface area contributed by atoms with E-state index < -0.39 is 12.8 Å². The number of rotatable bonds is 2. The lowest BCUT2D eigenvalue weighted by Crippen LogP contribution is -2.25. The van der Waals surface area contributed by atoms with E-state index in [1.54, 1.807) is 0 Å². The number of H-pyrrole nitrogens is 1. The van der Waals surface area contributed by atoms with Crippen LogP contribution < -0.4 is 10.7 Å². The summed E-state index contributed by atoms with van der Waals surface area (Å²) >= 11 is 0. The summed E-state index contributed by atoms with van der Waals surface area (Å²) < 4.78 is 24.3. The average molecular weight is 172 g/mol. The van der Waals surface area contributed by atoms with Gasteiger partial charge in [0.25, 0.3) is 0 Å². The van der Waals surface area contributed by atoms with Crippen molar-refractivity contribution in [1.29, 1.82) is 0 Å². The topological polar surface area (TPSA) is 28.7 Å². The standard InChI is InChI=1S/C8H10F2N2/c1-6(10)4-8-7(2-3-9)11-5-12-8/h2,4-6H,3H2,1H3,(H,11,12)/b7-2+,8-4+. The van der Waals surface area contributed by atoms with E-state index in [4.69, 9.17) is 0 Å². The van der Waals surface area contributed by atoms with E-state index in [0.717, 1.165) is 0 Å². The Balaban J connectivity index is 3.16. The zero-order valence-electron chi connectivity index (χ0n) is 6.72. The zero-order chi connectivity index (χ0) is 8.97. The molecular weight excluding hydrogens is 162 g/mol. The van der Waals surface area contributed by atoms with E-state index in [9.17, 15) is 8.78 Å². The smallest absolute Gasteiger partial charge is 0.118 e. The van der Waals surface area contributed by atoms with Gasteiger partial charge in [-0.1, -0.05) is 0 Å². The number of halogens is 2. The van der Waals surface area contributed by atoms with Crippen LogP contribution in [0.4, 0.5) is 8.78 Å². The maximum absolute atomic E-state index is 12.5. The highest BCUT2D eigenvalue weighted by atomic mass is 19.1. The summed E-state index contributed by atoms with van der Waals surface area (Å²) in [5, 5.41) is 0.990. The first-order valence-corrected chi connectivity index (χ1v) is 3.65. The van der Waals surface area contributed by atoms with Crippen LogP contribution in [-0.2, 0) is 0 Å². The molecule has 0 fully saturated rings. The molecule has 0 saturated heterocycles. The molecule has 1 atom stereocenters. The minimum atomic E-state index is -1.06. The summed E-state index contributed by atoms with van der Waals surface area (Å²) in [6, 6.07) is 0. The van der Waals surface area contributed by atoms with Crippen LogP contribution in [0.5, 0.6) is 0 Å². The maximum Gasteiger partial charge on any atom is 0.118 e. The molecule has 1 aromatic heterocycles. The quantitative estimate of drug-likeness (QED) is 0.682. The number of nitrogens with one attached hydrogen (secondary N) is 1. The lowest BCUT2D eigenvalue weighted by Gasteiger charge is -1.86. The van der Waals surface area contributed by atoms with Crippen molar-refractivity contribution < 1.29 is 8.78 Å². The highest BCUT2D eigenvalue weighted by Gasteiger charge is 1.92. The lowest BCUT2D eigenvalue weighted by atomic mass is 10.3. The molecule has 0 spiro atoms. The summed E-state index contributed by atoms with van der Waals surface area (Å²) in [6.45, 7) is 0.812. The maximum atomic E-state index is 12.5. The Morgan fingerprint density at radius 3 is 3.08 bits per heavy atom. The Kier molecular flexibility index (Phi) is 2.96. The number of aromatic nitrogens is 2. The first-order chi connectivity index (χ1) is 5.74. The van der Waals surface area contributed by atoms with Crippen LogP contribution in [0.15, 0.2) is 6.33 Å². The minimum Gasteiger partial charge on any atom is -0.345 e. The van der Waals surface area contributed by atoms with Gasteiger partial charge < -0.3 is 4.98 Å². The molecule has 12 heavy (non-hydrogen) atoms. The molecule has 4 heteroatoms. The van der Waals surface area contributed by atoms with Crippen LogP contribution in [0.25, 0.3) is 12.2 Å². The lowest BCUT2D eigenvalue weighted by molar-refractivity contribution is 0.450. The molecule has 1 aromatic rings. The Labute approximate surface area is 68.6 Å². The molecule has 1 N–H and O–H groups in total. The number of imidazole rings is 1. The van der Waals surface area contributed by atoms with Crippen molar-refractivity contribution in [1.82, 2.24) is 9.97 Å². The van der Waals surface area contributed by atoms with Gasteiger partial charge in [-0.3, -0.25) is 0 Å². The van der Waals surface area contributed by atoms with Crippen molar-refractivity contribution in [2.45, 2.75) is 13.1 Å². The van der Waals surface area contributed by atoms with Crippen molar-refractivity contribution in [3.05, 3.63) is 17.0 Å². The van der Waals surface area contributed by atoms with Crippen molar-refractivity contribution >= 4 is 12.2 Å². The third-order valence-corrected chi connectivity index (χ3v) is 1.37. The number of aromatic amines is 1. The fourth-order valence-electron chi connectivity index (χ4n) is 0.914. The largest absolute Gasteiger partial charge is 0.345 e. The SMILES string of the molecule is CC(F)/C=c1/[nH]cn/c1=C/CF. The van der Waals surface area contributed by atoms with Crippen molar-refractivity contribution in [2.24, 2.45) is 0 Å². The van der Waals surface area contributed by atoms with Crippen LogP contribution in [0.1, 0.15) is 6.92 Å². The van der Waals surface area contributed by atoms with Gasteiger partial charge in [0, 0.05) is 0 Å². The number of alkyl halides is 2. The summed E-state index contributed by atoms with van der Waals surface area (Å²) in [6.07, 6.45) is 3.01. The fraction of sp³-hybridized carbons (Fsp3) is 0.375. The molecule has 0 aliphatic carbocycles. The Morgan fingerprint density at radius 2 is 2.50 bits per heavy atom. The average Bonchev–Trinajstić information content (AvgIpc) is 2.37. The van der Waals surface area contributed by atoms with E-state index in [-0.39, 0.29) is 0 Å². The van der Waals surface area contributed by atoms with Crippen LogP contribution >= 0.6 is 0 Å². The number of nitrogens with zero attached hydrogens (tertiary/aromatic N) is 1. The molecule has 0 amide bonds. The third-order valence-electron chi connectivity index (χ3n) is 1.37. The van der Waals surface area contributed by atoms with Gasteiger partial charge >= 0.3 is 0 Å². The van der Waals surface area contributed by atoms with Crippen molar-refractivity contribution in [3.63, 3.8) is 0 Å². The summed E-state index contributed by atoms with van der Waals surface area (Å²) in [7, 11) is 0. The molecule has 0 saturated carbocycles. The molecule has 0 radical (unpaired) electrons. The second-order valence-electron chi connectivity index (χ2n) is 2.40. The molecule has 0 aliphatic rings. The van der Waals surface area contributed by atoms with Gasteiger partial charge in [-0.2, -0.15) is 0 Å². The number of hydrogen-bond donors (Lipinski definition) is 1. The van der Waals surface area contributed by atoms with E-state index in [1.165, 1.54) is 25.4 Å². The molecule has 0 aliphatic heterocycles. The fourth-order valence-corrected chi connectivity index (χ4v) is 0.914. The highest BCUT2D eigenvalue weighted by Crippen LogP contribution is 1.85. The third kappa shape index (κ3) is 2.15. The minimum absolute atomic E-state index is 0.460. The predicted molar refractivity (Wildman–Crippen MR) is 43.3 cm³/mol. The van der Waals surface area contributed by atoms with Crippen molar-refractivity contribution in [2.75, 3.05) is 6.67 Å². The first-order valence-electron chi connectivity index (χ1n) is 3.65. The van der Waals surface area contributed by atoms with Crippen LogP contribution in [0.3, 0.4) is 0 Å². The molecule has 0 aromatic carbocycles. The molecule has 1 unspecified atom stereocenters. The molecular formula is C8H10F2N2. The van der Waals surface area contributed by atoms with Gasteiger partial charge in [-0.25, -0.2) is 13.8 Å². The molecule has 0 bridgehead atoms. The van der Waals surface area contributed by atoms with E-state index in [0.29, 0.717) is 10.7 Å². The molecule has 1 rings (SSSR count). The van der Waals surface area contributed by atoms with Crippen LogP contribution in [-0.4, -0.2) is 22.8 Å². The summed E-state index contributed by atoms with van der Waals surface area (Å²) in [5.74, 6) is 0. The normalized spacial score (nSPS) is 16.9. The van der Waals surface area contributed by atoms with Gasteiger partial charge in [0.2, 0.25) is 0 Å². The Morgan fingerprint density at radius 1 is 1.75 bits per heavy atom. The van der Waals surface area contributed by atoms with Gasteiger partial charge in [0.05, 0.1) is 17.0 Å². The monoisotopic (exact) mass is 172 g/mol. The van der Waals surface area contributed by atoms with Crippen molar-refractivity contribution in [3.8, 4) is 0 Å². The van der Waals surface area contributed by atoms with Gasteiger partial charge in [-0.05, 0) is 19.1 Å². The van der Waals surface area contributed by atoms with E-state index in [1.807, 2.05) is 0 Å². The van der Waals surface area contributed by atoms with Gasteiger partial charge in [-0.15, -0.1) is 0 Å². The van der Waals surface area contributed by atoms with E-state index in [2.05, 4.69) is 9.97 Å². The number of hydrogen-bond acceptors (Lipinski definition) is 1. The Bertz CT molecular complexity index is 340. The van der Waals surface area contributed by atoms with Crippen LogP contribution in [0, 0.1) is 0 Å². The first kappa shape index (κ1) is 8.90. The molecule has 2 nitrogen and oxygen atoms in total. The highest BCUT2D eigenvalue weighted by molar-refractivity contribution is 5.27. The Hall–Kier alpha value is -1.19. The zero-order valence-corrected chi connectivity index (χ0v) is 6.72. The van der Waals surface area contributed by atoms with Gasteiger partial charge in [0.15, 0.2) is 0 Å². The second kappa shape index (κ2) is 3.99. The summed E-state index contributed by atoms with van der Waals surface area (Å²) in [5.41, 5.74) is 0. The molecule has 1 heterocycles. The van der Waals surface area contributed by atoms with Gasteiger partial charge in [0.1, 0.15) is 12.8 Å². The summed E-state index contributed by atoms with van der Waals surface area (Å²) in [4.78, 5) is 6.53. The predicted octanol–water partition coefficient (Wildman–Crippen LogP) is 0.298. The van der Waals surface area contributed by atoms with Crippen LogP contribution in [0.2, 0.25) is 0 Å². The van der Waals surface area contributed by atoms with E-state index >= 15 is 0 Å². The second-order valence-corrected chi connectivity index (χ2v) is 2.40. The molecule has 66 valence electrons.